The molecule has 0 saturated heterocycles. The van der Waals surface area contributed by atoms with E-state index < -0.39 is 10.0 Å². The average Bonchev–Trinajstić information content (AvgIpc) is 2.38. The van der Waals surface area contributed by atoms with Crippen molar-refractivity contribution >= 4 is 21.6 Å². The zero-order chi connectivity index (χ0) is 14.6. The highest BCUT2D eigenvalue weighted by Gasteiger charge is 2.28. The van der Waals surface area contributed by atoms with E-state index in [1.54, 1.807) is 6.92 Å². The van der Waals surface area contributed by atoms with Gasteiger partial charge in [-0.15, -0.1) is 0 Å². The maximum Gasteiger partial charge on any atom is 0.244 e. The predicted octanol–water partition coefficient (Wildman–Crippen LogP) is 3.02. The molecule has 1 rings (SSSR count). The second-order valence-corrected chi connectivity index (χ2v) is 6.49. The summed E-state index contributed by atoms with van der Waals surface area (Å²) in [6.45, 7) is 5.97. The minimum Gasteiger partial charge on any atom is -0.207 e. The van der Waals surface area contributed by atoms with Gasteiger partial charge in [-0.25, -0.2) is 8.42 Å². The van der Waals surface area contributed by atoms with Crippen molar-refractivity contribution < 1.29 is 8.42 Å². The van der Waals surface area contributed by atoms with Crippen molar-refractivity contribution in [2.24, 2.45) is 0 Å². The molecule has 0 spiro atoms. The van der Waals surface area contributed by atoms with Crippen LogP contribution in [0.2, 0.25) is 5.02 Å². The SMILES string of the molecule is CCC(C)N(CC)S(=O)(=O)c1ccc(C#N)cc1Cl. The summed E-state index contributed by atoms with van der Waals surface area (Å²) < 4.78 is 26.5. The first kappa shape index (κ1) is 16.0. The minimum absolute atomic E-state index is 0.0512. The average molecular weight is 301 g/mol. The number of nitriles is 1. The van der Waals surface area contributed by atoms with Crippen molar-refractivity contribution in [1.82, 2.24) is 4.31 Å². The van der Waals surface area contributed by atoms with Crippen LogP contribution in [0.25, 0.3) is 0 Å². The molecular formula is C13H17ClN2O2S. The molecule has 104 valence electrons. The molecule has 6 heteroatoms. The highest BCUT2D eigenvalue weighted by molar-refractivity contribution is 7.89. The van der Waals surface area contributed by atoms with Gasteiger partial charge in [0, 0.05) is 12.6 Å². The van der Waals surface area contributed by atoms with Gasteiger partial charge in [0.05, 0.1) is 16.7 Å². The molecule has 0 N–H and O–H groups in total. The number of halogens is 1. The Bertz CT molecular complexity index is 593. The summed E-state index contributed by atoms with van der Waals surface area (Å²) in [7, 11) is -3.63. The van der Waals surface area contributed by atoms with Gasteiger partial charge in [0.15, 0.2) is 0 Å². The van der Waals surface area contributed by atoms with Gasteiger partial charge in [-0.1, -0.05) is 25.4 Å². The van der Waals surface area contributed by atoms with Crippen LogP contribution in [0, 0.1) is 11.3 Å². The molecule has 1 aromatic rings. The summed E-state index contributed by atoms with van der Waals surface area (Å²) in [6, 6.07) is 6.06. The molecule has 0 aliphatic carbocycles. The van der Waals surface area contributed by atoms with E-state index >= 15 is 0 Å². The Hall–Kier alpha value is -1.09. The standard InChI is InChI=1S/C13H17ClN2O2S/c1-4-10(3)16(5-2)19(17,18)13-7-6-11(9-15)8-12(13)14/h6-8,10H,4-5H2,1-3H3. The fourth-order valence-electron chi connectivity index (χ4n) is 1.83. The maximum atomic E-state index is 12.5. The van der Waals surface area contributed by atoms with Crippen molar-refractivity contribution in [2.75, 3.05) is 6.54 Å². The molecule has 1 atom stereocenters. The van der Waals surface area contributed by atoms with E-state index in [0.29, 0.717) is 12.1 Å². The molecular weight excluding hydrogens is 284 g/mol. The predicted molar refractivity (Wildman–Crippen MR) is 75.5 cm³/mol. The fraction of sp³-hybridized carbons (Fsp3) is 0.462. The van der Waals surface area contributed by atoms with Crippen LogP contribution in [-0.4, -0.2) is 25.3 Å². The molecule has 0 bridgehead atoms. The summed E-state index contributed by atoms with van der Waals surface area (Å²) in [4.78, 5) is 0.0512. The van der Waals surface area contributed by atoms with Crippen molar-refractivity contribution in [3.8, 4) is 6.07 Å². The number of hydrogen-bond acceptors (Lipinski definition) is 3. The van der Waals surface area contributed by atoms with Crippen LogP contribution in [-0.2, 0) is 10.0 Å². The van der Waals surface area contributed by atoms with Crippen molar-refractivity contribution in [2.45, 2.75) is 38.1 Å². The first-order valence-corrected chi connectivity index (χ1v) is 7.91. The van der Waals surface area contributed by atoms with E-state index in [2.05, 4.69) is 0 Å². The summed E-state index contributed by atoms with van der Waals surface area (Å²) in [5.74, 6) is 0. The van der Waals surface area contributed by atoms with Crippen LogP contribution in [0.3, 0.4) is 0 Å². The molecule has 0 heterocycles. The zero-order valence-electron chi connectivity index (χ0n) is 11.2. The summed E-state index contributed by atoms with van der Waals surface area (Å²) >= 11 is 5.98. The lowest BCUT2D eigenvalue weighted by Crippen LogP contribution is -2.38. The smallest absolute Gasteiger partial charge is 0.207 e. The van der Waals surface area contributed by atoms with E-state index in [0.717, 1.165) is 6.42 Å². The summed E-state index contributed by atoms with van der Waals surface area (Å²) in [5, 5.41) is 8.85. The molecule has 1 unspecified atom stereocenters. The van der Waals surface area contributed by atoms with Gasteiger partial charge >= 0.3 is 0 Å². The van der Waals surface area contributed by atoms with Crippen LogP contribution in [0.4, 0.5) is 0 Å². The van der Waals surface area contributed by atoms with E-state index in [1.165, 1.54) is 22.5 Å². The van der Waals surface area contributed by atoms with Gasteiger partial charge in [-0.05, 0) is 31.5 Å². The maximum absolute atomic E-state index is 12.5. The van der Waals surface area contributed by atoms with Gasteiger partial charge < -0.3 is 0 Å². The lowest BCUT2D eigenvalue weighted by molar-refractivity contribution is 0.342. The Morgan fingerprint density at radius 3 is 2.47 bits per heavy atom. The Morgan fingerprint density at radius 2 is 2.05 bits per heavy atom. The normalized spacial score (nSPS) is 13.3. The molecule has 19 heavy (non-hydrogen) atoms. The van der Waals surface area contributed by atoms with E-state index in [1.807, 2.05) is 19.9 Å². The molecule has 0 saturated carbocycles. The molecule has 0 aliphatic heterocycles. The lowest BCUT2D eigenvalue weighted by atomic mass is 10.2. The molecule has 1 aromatic carbocycles. The quantitative estimate of drug-likeness (QED) is 0.839. The van der Waals surface area contributed by atoms with Gasteiger partial charge in [0.2, 0.25) is 10.0 Å². The molecule has 0 aromatic heterocycles. The van der Waals surface area contributed by atoms with Gasteiger partial charge in [0.25, 0.3) is 0 Å². The third-order valence-electron chi connectivity index (χ3n) is 3.04. The first-order chi connectivity index (χ1) is 8.88. The lowest BCUT2D eigenvalue weighted by Gasteiger charge is -2.26. The van der Waals surface area contributed by atoms with Crippen LogP contribution < -0.4 is 0 Å². The molecule has 0 radical (unpaired) electrons. The zero-order valence-corrected chi connectivity index (χ0v) is 12.8. The second kappa shape index (κ2) is 6.38. The highest BCUT2D eigenvalue weighted by atomic mass is 35.5. The monoisotopic (exact) mass is 300 g/mol. The van der Waals surface area contributed by atoms with Crippen LogP contribution in [0.15, 0.2) is 23.1 Å². The van der Waals surface area contributed by atoms with Gasteiger partial charge in [-0.2, -0.15) is 9.57 Å². The third-order valence-corrected chi connectivity index (χ3v) is 5.61. The van der Waals surface area contributed by atoms with Crippen molar-refractivity contribution in [3.05, 3.63) is 28.8 Å². The number of sulfonamides is 1. The van der Waals surface area contributed by atoms with Crippen molar-refractivity contribution in [1.29, 1.82) is 5.26 Å². The van der Waals surface area contributed by atoms with Gasteiger partial charge in [0.1, 0.15) is 4.90 Å². The summed E-state index contributed by atoms with van der Waals surface area (Å²) in [6.07, 6.45) is 0.723. The summed E-state index contributed by atoms with van der Waals surface area (Å²) in [5.41, 5.74) is 0.343. The Balaban J connectivity index is 3.31. The highest BCUT2D eigenvalue weighted by Crippen LogP contribution is 2.27. The Kier molecular flexibility index (Phi) is 5.36. The number of rotatable bonds is 5. The Labute approximate surface area is 119 Å². The van der Waals surface area contributed by atoms with Crippen LogP contribution >= 0.6 is 11.6 Å². The van der Waals surface area contributed by atoms with E-state index in [4.69, 9.17) is 16.9 Å². The largest absolute Gasteiger partial charge is 0.244 e. The molecule has 0 aliphatic rings. The molecule has 4 nitrogen and oxygen atoms in total. The van der Waals surface area contributed by atoms with Crippen LogP contribution in [0.1, 0.15) is 32.8 Å². The van der Waals surface area contributed by atoms with Gasteiger partial charge in [-0.3, -0.25) is 0 Å². The Morgan fingerprint density at radius 1 is 1.42 bits per heavy atom. The number of nitrogens with zero attached hydrogens (tertiary/aromatic N) is 2. The van der Waals surface area contributed by atoms with E-state index in [9.17, 15) is 8.42 Å². The topological polar surface area (TPSA) is 61.2 Å². The molecule has 0 fully saturated rings. The fourth-order valence-corrected chi connectivity index (χ4v) is 4.06. The van der Waals surface area contributed by atoms with Crippen LogP contribution in [0.5, 0.6) is 0 Å². The first-order valence-electron chi connectivity index (χ1n) is 6.09. The van der Waals surface area contributed by atoms with Crippen molar-refractivity contribution in [3.63, 3.8) is 0 Å². The number of hydrogen-bond donors (Lipinski definition) is 0. The molecule has 0 amide bonds. The number of benzene rings is 1. The third kappa shape index (κ3) is 3.27. The minimum atomic E-state index is -3.63. The van der Waals surface area contributed by atoms with E-state index in [-0.39, 0.29) is 16.0 Å². The second-order valence-electron chi connectivity index (χ2n) is 4.22.